The van der Waals surface area contributed by atoms with Crippen LogP contribution in [0.15, 0.2) is 279 Å². The van der Waals surface area contributed by atoms with Crippen LogP contribution in [0.4, 0.5) is 17.1 Å². The van der Waals surface area contributed by atoms with Crippen LogP contribution in [0.1, 0.15) is 0 Å². The summed E-state index contributed by atoms with van der Waals surface area (Å²) in [5.74, 6) is 0. The van der Waals surface area contributed by atoms with Gasteiger partial charge in [-0.25, -0.2) is 0 Å². The molecule has 0 atom stereocenters. The van der Waals surface area contributed by atoms with E-state index >= 15 is 0 Å². The van der Waals surface area contributed by atoms with Crippen LogP contribution in [0.2, 0.25) is 0 Å². The minimum absolute atomic E-state index is 1.06. The lowest BCUT2D eigenvalue weighted by atomic mass is 9.89. The van der Waals surface area contributed by atoms with E-state index in [9.17, 15) is 0 Å². The smallest absolute Gasteiger partial charge is 0.0562 e. The molecule has 0 unspecified atom stereocenters. The van der Waals surface area contributed by atoms with E-state index < -0.39 is 0 Å². The fourth-order valence-electron chi connectivity index (χ4n) is 10.1. The Morgan fingerprint density at radius 2 is 0.691 bits per heavy atom. The van der Waals surface area contributed by atoms with Crippen molar-refractivity contribution in [1.29, 1.82) is 0 Å². The molecule has 68 heavy (non-hydrogen) atoms. The first-order valence-electron chi connectivity index (χ1n) is 23.3. The largest absolute Gasteiger partial charge is 0.310 e. The predicted molar refractivity (Wildman–Crippen MR) is 288 cm³/mol. The molecule has 1 heterocycles. The Kier molecular flexibility index (Phi) is 10.6. The molecule has 0 spiro atoms. The number of hydrogen-bond donors (Lipinski definition) is 0. The Balaban J connectivity index is 1.12. The van der Waals surface area contributed by atoms with E-state index in [-0.39, 0.29) is 0 Å². The number of para-hydroxylation sites is 2. The number of nitrogens with zero attached hydrogens (tertiary/aromatic N) is 2. The third-order valence-corrected chi connectivity index (χ3v) is 13.2. The maximum absolute atomic E-state index is 2.48. The van der Waals surface area contributed by atoms with Crippen LogP contribution in [-0.4, -0.2) is 4.57 Å². The third-order valence-electron chi connectivity index (χ3n) is 13.2. The maximum Gasteiger partial charge on any atom is 0.0562 e. The summed E-state index contributed by atoms with van der Waals surface area (Å²) in [5.41, 5.74) is 20.7. The molecule has 0 aliphatic carbocycles. The Labute approximate surface area is 397 Å². The SMILES string of the molecule is c1ccc(-c2ccc(-n3c4ccccc4c4ccc(N(c5ccccc5)c5ccc(-c6ccccc6-c6ccccc6)cc5-c5ccccc5-c5ccccc5)cc43)c(-c3ccccc3)c2)cc1. The average molecular weight is 867 g/mol. The van der Waals surface area contributed by atoms with E-state index in [1.165, 1.54) is 60.8 Å². The zero-order valence-electron chi connectivity index (χ0n) is 37.5. The van der Waals surface area contributed by atoms with Gasteiger partial charge in [0.05, 0.1) is 22.4 Å². The molecule has 0 amide bonds. The Hall–Kier alpha value is -8.98. The summed E-state index contributed by atoms with van der Waals surface area (Å²) in [5, 5.41) is 2.41. The van der Waals surface area contributed by atoms with E-state index in [1.807, 2.05) is 0 Å². The second-order valence-electron chi connectivity index (χ2n) is 17.2. The molecule has 2 nitrogen and oxygen atoms in total. The van der Waals surface area contributed by atoms with Crippen molar-refractivity contribution in [1.82, 2.24) is 4.57 Å². The normalized spacial score (nSPS) is 11.2. The summed E-state index contributed by atoms with van der Waals surface area (Å²) in [6.45, 7) is 0. The highest BCUT2D eigenvalue weighted by molar-refractivity contribution is 6.11. The van der Waals surface area contributed by atoms with Crippen LogP contribution in [0, 0.1) is 0 Å². The van der Waals surface area contributed by atoms with E-state index in [4.69, 9.17) is 0 Å². The minimum atomic E-state index is 1.06. The van der Waals surface area contributed by atoms with Gasteiger partial charge in [0, 0.05) is 33.3 Å². The molecule has 2 heteroatoms. The summed E-state index contributed by atoms with van der Waals surface area (Å²) in [7, 11) is 0. The quantitative estimate of drug-likeness (QED) is 0.133. The molecule has 0 bridgehead atoms. The summed E-state index contributed by atoms with van der Waals surface area (Å²) in [4.78, 5) is 2.45. The third kappa shape index (κ3) is 7.45. The molecule has 0 radical (unpaired) electrons. The number of aromatic nitrogens is 1. The fraction of sp³-hybridized carbons (Fsp3) is 0. The average Bonchev–Trinajstić information content (AvgIpc) is 3.75. The number of rotatable bonds is 10. The maximum atomic E-state index is 2.48. The number of anilines is 3. The molecular formula is C66H46N2. The van der Waals surface area contributed by atoms with Crippen molar-refractivity contribution in [2.45, 2.75) is 0 Å². The van der Waals surface area contributed by atoms with E-state index in [0.717, 1.165) is 50.5 Å². The first kappa shape index (κ1) is 40.5. The molecule has 0 aliphatic heterocycles. The van der Waals surface area contributed by atoms with Crippen LogP contribution >= 0.6 is 0 Å². The van der Waals surface area contributed by atoms with Gasteiger partial charge in [-0.1, -0.05) is 224 Å². The molecular weight excluding hydrogens is 821 g/mol. The molecule has 0 N–H and O–H groups in total. The van der Waals surface area contributed by atoms with Crippen molar-refractivity contribution in [2.24, 2.45) is 0 Å². The first-order chi connectivity index (χ1) is 33.8. The Morgan fingerprint density at radius 3 is 1.32 bits per heavy atom. The van der Waals surface area contributed by atoms with Gasteiger partial charge in [-0.15, -0.1) is 0 Å². The van der Waals surface area contributed by atoms with Gasteiger partial charge in [-0.2, -0.15) is 0 Å². The lowest BCUT2D eigenvalue weighted by molar-refractivity contribution is 1.18. The molecule has 0 saturated heterocycles. The van der Waals surface area contributed by atoms with Crippen molar-refractivity contribution in [3.63, 3.8) is 0 Å². The summed E-state index contributed by atoms with van der Waals surface area (Å²) < 4.78 is 2.48. The number of fused-ring (bicyclic) bond motifs is 3. The van der Waals surface area contributed by atoms with E-state index in [0.29, 0.717) is 0 Å². The fourth-order valence-corrected chi connectivity index (χ4v) is 10.1. The second kappa shape index (κ2) is 17.8. The molecule has 0 fully saturated rings. The van der Waals surface area contributed by atoms with Gasteiger partial charge in [0.25, 0.3) is 0 Å². The highest BCUT2D eigenvalue weighted by atomic mass is 15.1. The van der Waals surface area contributed by atoms with Crippen LogP contribution in [0.5, 0.6) is 0 Å². The van der Waals surface area contributed by atoms with Gasteiger partial charge < -0.3 is 9.47 Å². The van der Waals surface area contributed by atoms with Gasteiger partial charge >= 0.3 is 0 Å². The van der Waals surface area contributed by atoms with Crippen LogP contribution in [0.25, 0.3) is 94.3 Å². The summed E-state index contributed by atoms with van der Waals surface area (Å²) >= 11 is 0. The lowest BCUT2D eigenvalue weighted by Gasteiger charge is -2.29. The van der Waals surface area contributed by atoms with E-state index in [1.54, 1.807) is 0 Å². The van der Waals surface area contributed by atoms with Crippen molar-refractivity contribution < 1.29 is 0 Å². The molecule has 12 rings (SSSR count). The zero-order chi connectivity index (χ0) is 45.2. The highest BCUT2D eigenvalue weighted by Crippen LogP contribution is 2.48. The standard InChI is InChI=1S/C66H46N2/c1-6-22-47(23-7-1)51-38-42-64(61(44-51)50-28-12-4-13-29-50)68-63-37-21-20-36-59(63)60-41-40-54(46-66(60)68)67(53-30-14-5-15-31-53)65-43-39-52(57-34-17-16-32-55(57)48-24-8-2-9-25-48)45-62(65)58-35-19-18-33-56(58)49-26-10-3-11-27-49/h1-46H. The van der Waals surface area contributed by atoms with Crippen molar-refractivity contribution in [3.8, 4) is 72.4 Å². The van der Waals surface area contributed by atoms with Crippen molar-refractivity contribution in [3.05, 3.63) is 279 Å². The predicted octanol–water partition coefficient (Wildman–Crippen LogP) is 18.3. The molecule has 0 aliphatic rings. The lowest BCUT2D eigenvalue weighted by Crippen LogP contribution is -2.11. The Bertz CT molecular complexity index is 3710. The van der Waals surface area contributed by atoms with Crippen molar-refractivity contribution >= 4 is 38.9 Å². The molecule has 1 aromatic heterocycles. The van der Waals surface area contributed by atoms with Gasteiger partial charge in [0.1, 0.15) is 0 Å². The van der Waals surface area contributed by atoms with Gasteiger partial charge in [0.15, 0.2) is 0 Å². The monoisotopic (exact) mass is 866 g/mol. The zero-order valence-corrected chi connectivity index (χ0v) is 37.5. The topological polar surface area (TPSA) is 8.17 Å². The van der Waals surface area contributed by atoms with E-state index in [2.05, 4.69) is 289 Å². The highest BCUT2D eigenvalue weighted by Gasteiger charge is 2.23. The molecule has 11 aromatic carbocycles. The second-order valence-corrected chi connectivity index (χ2v) is 17.2. The Morgan fingerprint density at radius 1 is 0.235 bits per heavy atom. The molecule has 0 saturated carbocycles. The van der Waals surface area contributed by atoms with Gasteiger partial charge in [0.2, 0.25) is 0 Å². The van der Waals surface area contributed by atoms with Crippen LogP contribution in [-0.2, 0) is 0 Å². The van der Waals surface area contributed by atoms with Crippen molar-refractivity contribution in [2.75, 3.05) is 4.90 Å². The minimum Gasteiger partial charge on any atom is -0.310 e. The summed E-state index contributed by atoms with van der Waals surface area (Å²) in [6, 6.07) is 101. The molecule has 320 valence electrons. The number of hydrogen-bond acceptors (Lipinski definition) is 1. The number of benzene rings is 11. The first-order valence-corrected chi connectivity index (χ1v) is 23.3. The molecule has 12 aromatic rings. The van der Waals surface area contributed by atoms with Gasteiger partial charge in [-0.3, -0.25) is 0 Å². The van der Waals surface area contributed by atoms with Crippen LogP contribution in [0.3, 0.4) is 0 Å². The van der Waals surface area contributed by atoms with Gasteiger partial charge in [-0.05, 0) is 110 Å². The van der Waals surface area contributed by atoms with Crippen LogP contribution < -0.4 is 4.90 Å². The summed E-state index contributed by atoms with van der Waals surface area (Å²) in [6.07, 6.45) is 0.